The van der Waals surface area contributed by atoms with E-state index in [0.29, 0.717) is 0 Å². The fraction of sp³-hybridized carbons (Fsp3) is 0.294. The van der Waals surface area contributed by atoms with Crippen molar-refractivity contribution in [2.75, 3.05) is 7.11 Å². The molecule has 2 rings (SSSR count). The molecule has 1 unspecified atom stereocenters. The third-order valence-corrected chi connectivity index (χ3v) is 4.45. The summed E-state index contributed by atoms with van der Waals surface area (Å²) in [5.41, 5.74) is 5.92. The fourth-order valence-corrected chi connectivity index (χ4v) is 3.60. The Morgan fingerprint density at radius 2 is 1.65 bits per heavy atom. The number of hydrogen-bond donors (Lipinski definition) is 0. The molecular weight excluding hydrogens is 319 g/mol. The third-order valence-electron chi connectivity index (χ3n) is 3.46. The third kappa shape index (κ3) is 2.88. The van der Waals surface area contributed by atoms with Crippen molar-refractivity contribution < 1.29 is 9.13 Å². The van der Waals surface area contributed by atoms with E-state index in [0.717, 1.165) is 5.56 Å². The standard InChI is InChI=1S/C17H18BrFO/c1-10-7-11(2)16(12(3)8-10)17(18)13-5-6-14(19)15(9-13)20-4/h5-9,17H,1-4H3. The van der Waals surface area contributed by atoms with Crippen LogP contribution in [0.2, 0.25) is 0 Å². The van der Waals surface area contributed by atoms with E-state index < -0.39 is 0 Å². The van der Waals surface area contributed by atoms with Gasteiger partial charge in [0.2, 0.25) is 0 Å². The van der Waals surface area contributed by atoms with E-state index in [9.17, 15) is 4.39 Å². The first kappa shape index (κ1) is 15.0. The molecule has 0 saturated carbocycles. The van der Waals surface area contributed by atoms with Crippen molar-refractivity contribution in [3.63, 3.8) is 0 Å². The lowest BCUT2D eigenvalue weighted by Gasteiger charge is -2.18. The molecule has 1 nitrogen and oxygen atoms in total. The Morgan fingerprint density at radius 1 is 1.05 bits per heavy atom. The zero-order valence-electron chi connectivity index (χ0n) is 12.1. The second-order valence-corrected chi connectivity index (χ2v) is 5.98. The van der Waals surface area contributed by atoms with Gasteiger partial charge < -0.3 is 4.74 Å². The summed E-state index contributed by atoms with van der Waals surface area (Å²) in [5, 5.41) is 0. The molecule has 0 N–H and O–H groups in total. The molecule has 0 bridgehead atoms. The Balaban J connectivity index is 2.49. The Labute approximate surface area is 127 Å². The van der Waals surface area contributed by atoms with Crippen LogP contribution < -0.4 is 4.74 Å². The molecule has 0 aromatic heterocycles. The van der Waals surface area contributed by atoms with Crippen molar-refractivity contribution in [3.05, 3.63) is 64.0 Å². The quantitative estimate of drug-likeness (QED) is 0.696. The second kappa shape index (κ2) is 5.96. The number of rotatable bonds is 3. The Morgan fingerprint density at radius 3 is 2.20 bits per heavy atom. The van der Waals surface area contributed by atoms with Gasteiger partial charge in [-0.1, -0.05) is 39.7 Å². The summed E-state index contributed by atoms with van der Waals surface area (Å²) < 4.78 is 18.6. The van der Waals surface area contributed by atoms with E-state index >= 15 is 0 Å². The average Bonchev–Trinajstić information content (AvgIpc) is 2.37. The van der Waals surface area contributed by atoms with E-state index in [2.05, 4.69) is 48.8 Å². The van der Waals surface area contributed by atoms with Gasteiger partial charge in [-0.05, 0) is 55.2 Å². The van der Waals surface area contributed by atoms with Gasteiger partial charge in [0.05, 0.1) is 11.9 Å². The van der Waals surface area contributed by atoms with Crippen molar-refractivity contribution in [1.82, 2.24) is 0 Å². The molecule has 0 fully saturated rings. The lowest BCUT2D eigenvalue weighted by Crippen LogP contribution is -2.01. The highest BCUT2D eigenvalue weighted by Crippen LogP contribution is 2.37. The van der Waals surface area contributed by atoms with Crippen LogP contribution in [-0.2, 0) is 0 Å². The first-order chi connectivity index (χ1) is 9.43. The minimum Gasteiger partial charge on any atom is -0.494 e. The first-order valence-electron chi connectivity index (χ1n) is 6.49. The molecule has 0 heterocycles. The summed E-state index contributed by atoms with van der Waals surface area (Å²) in [4.78, 5) is 0.0256. The lowest BCUT2D eigenvalue weighted by molar-refractivity contribution is 0.386. The van der Waals surface area contributed by atoms with Gasteiger partial charge in [0.1, 0.15) is 0 Å². The summed E-state index contributed by atoms with van der Waals surface area (Å²) in [6, 6.07) is 9.31. The van der Waals surface area contributed by atoms with Crippen molar-refractivity contribution in [2.24, 2.45) is 0 Å². The average molecular weight is 337 g/mol. The number of aryl methyl sites for hydroxylation is 3. The molecule has 3 heteroatoms. The molecule has 106 valence electrons. The van der Waals surface area contributed by atoms with Crippen molar-refractivity contribution >= 4 is 15.9 Å². The number of benzene rings is 2. The van der Waals surface area contributed by atoms with Crippen LogP contribution in [0.25, 0.3) is 0 Å². The predicted molar refractivity (Wildman–Crippen MR) is 84.4 cm³/mol. The maximum absolute atomic E-state index is 13.5. The van der Waals surface area contributed by atoms with Gasteiger partial charge in [-0.25, -0.2) is 4.39 Å². The summed E-state index contributed by atoms with van der Waals surface area (Å²) in [6.07, 6.45) is 0. The summed E-state index contributed by atoms with van der Waals surface area (Å²) >= 11 is 3.73. The Bertz CT molecular complexity index is 614. The molecular formula is C17H18BrFO. The largest absolute Gasteiger partial charge is 0.494 e. The van der Waals surface area contributed by atoms with E-state index in [-0.39, 0.29) is 16.4 Å². The zero-order chi connectivity index (χ0) is 14.9. The Hall–Kier alpha value is -1.35. The maximum Gasteiger partial charge on any atom is 0.165 e. The molecule has 1 atom stereocenters. The summed E-state index contributed by atoms with van der Waals surface area (Å²) in [5.74, 6) is -0.0670. The molecule has 2 aromatic rings. The molecule has 0 amide bonds. The van der Waals surface area contributed by atoms with Crippen LogP contribution in [0.4, 0.5) is 4.39 Å². The van der Waals surface area contributed by atoms with Crippen LogP contribution >= 0.6 is 15.9 Å². The highest BCUT2D eigenvalue weighted by molar-refractivity contribution is 9.09. The Kier molecular flexibility index (Phi) is 4.48. The van der Waals surface area contributed by atoms with Gasteiger partial charge in [0.25, 0.3) is 0 Å². The number of ether oxygens (including phenoxy) is 1. The smallest absolute Gasteiger partial charge is 0.165 e. The molecule has 0 spiro atoms. The summed E-state index contributed by atoms with van der Waals surface area (Å²) in [7, 11) is 1.48. The van der Waals surface area contributed by atoms with Crippen molar-refractivity contribution in [3.8, 4) is 5.75 Å². The van der Waals surface area contributed by atoms with Crippen LogP contribution in [0.1, 0.15) is 32.6 Å². The second-order valence-electron chi connectivity index (χ2n) is 5.07. The maximum atomic E-state index is 13.5. The predicted octanol–water partition coefficient (Wildman–Crippen LogP) is 5.24. The first-order valence-corrected chi connectivity index (χ1v) is 7.41. The van der Waals surface area contributed by atoms with Gasteiger partial charge in [0.15, 0.2) is 11.6 Å². The molecule has 0 aliphatic carbocycles. The van der Waals surface area contributed by atoms with Crippen LogP contribution in [0.3, 0.4) is 0 Å². The highest BCUT2D eigenvalue weighted by Gasteiger charge is 2.17. The van der Waals surface area contributed by atoms with E-state index in [1.54, 1.807) is 12.1 Å². The number of halogens is 2. The molecule has 0 radical (unpaired) electrons. The van der Waals surface area contributed by atoms with Crippen LogP contribution in [0, 0.1) is 26.6 Å². The molecule has 0 aliphatic rings. The fourth-order valence-electron chi connectivity index (χ4n) is 2.59. The van der Waals surface area contributed by atoms with E-state index in [1.165, 1.54) is 35.4 Å². The van der Waals surface area contributed by atoms with E-state index in [1.807, 2.05) is 0 Å². The SMILES string of the molecule is COc1cc(C(Br)c2c(C)cc(C)cc2C)ccc1F. The van der Waals surface area contributed by atoms with Gasteiger partial charge in [-0.3, -0.25) is 0 Å². The van der Waals surface area contributed by atoms with Crippen LogP contribution in [-0.4, -0.2) is 7.11 Å². The molecule has 0 saturated heterocycles. The minimum atomic E-state index is -0.340. The molecule has 0 aliphatic heterocycles. The topological polar surface area (TPSA) is 9.23 Å². The summed E-state index contributed by atoms with van der Waals surface area (Å²) in [6.45, 7) is 6.29. The van der Waals surface area contributed by atoms with Gasteiger partial charge in [0, 0.05) is 0 Å². The van der Waals surface area contributed by atoms with Gasteiger partial charge in [-0.15, -0.1) is 0 Å². The normalized spacial score (nSPS) is 12.3. The minimum absolute atomic E-state index is 0.0256. The lowest BCUT2D eigenvalue weighted by atomic mass is 9.94. The highest BCUT2D eigenvalue weighted by atomic mass is 79.9. The van der Waals surface area contributed by atoms with Gasteiger partial charge in [-0.2, -0.15) is 0 Å². The van der Waals surface area contributed by atoms with Crippen molar-refractivity contribution in [1.29, 1.82) is 0 Å². The van der Waals surface area contributed by atoms with E-state index in [4.69, 9.17) is 4.74 Å². The van der Waals surface area contributed by atoms with Crippen LogP contribution in [0.15, 0.2) is 30.3 Å². The van der Waals surface area contributed by atoms with Crippen molar-refractivity contribution in [2.45, 2.75) is 25.6 Å². The number of methoxy groups -OCH3 is 1. The number of hydrogen-bond acceptors (Lipinski definition) is 1. The molecule has 20 heavy (non-hydrogen) atoms. The van der Waals surface area contributed by atoms with Crippen LogP contribution in [0.5, 0.6) is 5.75 Å². The van der Waals surface area contributed by atoms with Gasteiger partial charge >= 0.3 is 0 Å². The monoisotopic (exact) mass is 336 g/mol. The number of alkyl halides is 1. The zero-order valence-corrected chi connectivity index (χ0v) is 13.7. The molecule has 2 aromatic carbocycles.